The number of carbonyl (C=O) groups excluding carboxylic acids is 1. The number of rotatable bonds is 8. The topological polar surface area (TPSA) is 113 Å². The number of ether oxygens (including phenoxy) is 2. The summed E-state index contributed by atoms with van der Waals surface area (Å²) in [7, 11) is 0. The van der Waals surface area contributed by atoms with Crippen molar-refractivity contribution in [3.05, 3.63) is 0 Å². The average molecular weight is 236 g/mol. The minimum absolute atomic E-state index is 0.0950. The predicted octanol–water partition coefficient (Wildman–Crippen LogP) is -1.24. The summed E-state index contributed by atoms with van der Waals surface area (Å²) < 4.78 is 9.47. The Balaban J connectivity index is 3.75. The molecule has 0 saturated carbocycles. The number of esters is 1. The molecule has 0 heterocycles. The highest BCUT2D eigenvalue weighted by Gasteiger charge is 2.31. The number of carbonyl (C=O) groups is 2. The van der Waals surface area contributed by atoms with Gasteiger partial charge in [-0.1, -0.05) is 6.92 Å². The van der Waals surface area contributed by atoms with Gasteiger partial charge in [-0.25, -0.2) is 9.59 Å². The van der Waals surface area contributed by atoms with E-state index in [2.05, 4.69) is 4.74 Å². The van der Waals surface area contributed by atoms with Gasteiger partial charge in [0.05, 0.1) is 6.61 Å². The highest BCUT2D eigenvalue weighted by molar-refractivity contribution is 5.84. The molecule has 0 aliphatic carbocycles. The van der Waals surface area contributed by atoms with Crippen molar-refractivity contribution >= 4 is 11.9 Å². The van der Waals surface area contributed by atoms with E-state index in [0.29, 0.717) is 6.61 Å². The number of aliphatic carboxylic acids is 1. The van der Waals surface area contributed by atoms with Crippen molar-refractivity contribution < 1.29 is 34.4 Å². The Bertz CT molecular complexity index is 228. The van der Waals surface area contributed by atoms with Gasteiger partial charge >= 0.3 is 11.9 Å². The first-order valence-electron chi connectivity index (χ1n) is 4.84. The third-order valence-corrected chi connectivity index (χ3v) is 1.61. The maximum atomic E-state index is 11.0. The van der Waals surface area contributed by atoms with Gasteiger partial charge in [0.25, 0.3) is 0 Å². The van der Waals surface area contributed by atoms with Crippen LogP contribution in [0.3, 0.4) is 0 Å². The van der Waals surface area contributed by atoms with Crippen molar-refractivity contribution in [3.63, 3.8) is 0 Å². The number of carboxylic acid groups (broad SMARTS) is 1. The SMILES string of the molecule is CCCOCCOC(=O)C(O)C(O)C(=O)O. The van der Waals surface area contributed by atoms with E-state index in [4.69, 9.17) is 20.1 Å². The van der Waals surface area contributed by atoms with Gasteiger partial charge in [-0.15, -0.1) is 0 Å². The highest BCUT2D eigenvalue weighted by Crippen LogP contribution is 1.97. The van der Waals surface area contributed by atoms with Crippen molar-refractivity contribution in [1.29, 1.82) is 0 Å². The lowest BCUT2D eigenvalue weighted by Crippen LogP contribution is -2.40. The van der Waals surface area contributed by atoms with Crippen LogP contribution in [-0.4, -0.2) is 59.3 Å². The van der Waals surface area contributed by atoms with E-state index in [1.54, 1.807) is 0 Å². The van der Waals surface area contributed by atoms with Crippen LogP contribution in [0, 0.1) is 0 Å². The Kier molecular flexibility index (Phi) is 7.44. The molecule has 2 unspecified atom stereocenters. The van der Waals surface area contributed by atoms with E-state index in [9.17, 15) is 9.59 Å². The van der Waals surface area contributed by atoms with Crippen LogP contribution in [0.25, 0.3) is 0 Å². The molecule has 94 valence electrons. The van der Waals surface area contributed by atoms with Crippen molar-refractivity contribution in [2.45, 2.75) is 25.6 Å². The Morgan fingerprint density at radius 3 is 2.25 bits per heavy atom. The zero-order valence-corrected chi connectivity index (χ0v) is 8.96. The summed E-state index contributed by atoms with van der Waals surface area (Å²) in [4.78, 5) is 21.2. The lowest BCUT2D eigenvalue weighted by Gasteiger charge is -2.13. The second kappa shape index (κ2) is 8.03. The molecule has 7 nitrogen and oxygen atoms in total. The molecule has 0 aromatic heterocycles. The molecule has 0 fully saturated rings. The minimum Gasteiger partial charge on any atom is -0.479 e. The number of hydrogen-bond donors (Lipinski definition) is 3. The summed E-state index contributed by atoms with van der Waals surface area (Å²) in [6, 6.07) is 0. The van der Waals surface area contributed by atoms with E-state index >= 15 is 0 Å². The lowest BCUT2D eigenvalue weighted by molar-refractivity contribution is -0.170. The second-order valence-corrected chi connectivity index (χ2v) is 3.01. The molecule has 0 amide bonds. The zero-order valence-electron chi connectivity index (χ0n) is 8.96. The van der Waals surface area contributed by atoms with E-state index in [1.165, 1.54) is 0 Å². The van der Waals surface area contributed by atoms with E-state index < -0.39 is 24.1 Å². The van der Waals surface area contributed by atoms with E-state index in [0.717, 1.165) is 6.42 Å². The Morgan fingerprint density at radius 1 is 1.12 bits per heavy atom. The van der Waals surface area contributed by atoms with Gasteiger partial charge in [0, 0.05) is 6.61 Å². The molecule has 3 N–H and O–H groups in total. The fourth-order valence-electron chi connectivity index (χ4n) is 0.797. The first kappa shape index (κ1) is 14.8. The molecule has 16 heavy (non-hydrogen) atoms. The van der Waals surface area contributed by atoms with Gasteiger partial charge in [0.1, 0.15) is 6.61 Å². The van der Waals surface area contributed by atoms with Gasteiger partial charge in [0.2, 0.25) is 0 Å². The number of aliphatic hydroxyl groups is 2. The van der Waals surface area contributed by atoms with Gasteiger partial charge in [-0.05, 0) is 6.42 Å². The molecule has 0 rings (SSSR count). The predicted molar refractivity (Wildman–Crippen MR) is 51.7 cm³/mol. The van der Waals surface area contributed by atoms with Gasteiger partial charge in [0.15, 0.2) is 12.2 Å². The molecule has 2 atom stereocenters. The lowest BCUT2D eigenvalue weighted by atomic mass is 10.2. The Hall–Kier alpha value is -1.18. The summed E-state index contributed by atoms with van der Waals surface area (Å²) in [5.41, 5.74) is 0. The molecule has 0 aromatic rings. The molecule has 0 saturated heterocycles. The first-order valence-corrected chi connectivity index (χ1v) is 4.84. The smallest absolute Gasteiger partial charge is 0.338 e. The Labute approximate surface area is 92.6 Å². The van der Waals surface area contributed by atoms with Crippen LogP contribution in [0.15, 0.2) is 0 Å². The highest BCUT2D eigenvalue weighted by atomic mass is 16.6. The maximum Gasteiger partial charge on any atom is 0.338 e. The molecule has 0 radical (unpaired) electrons. The minimum atomic E-state index is -2.18. The fraction of sp³-hybridized carbons (Fsp3) is 0.778. The average Bonchev–Trinajstić information content (AvgIpc) is 2.26. The van der Waals surface area contributed by atoms with Crippen LogP contribution in [0.2, 0.25) is 0 Å². The van der Waals surface area contributed by atoms with Crippen molar-refractivity contribution in [2.24, 2.45) is 0 Å². The quantitative estimate of drug-likeness (QED) is 0.357. The largest absolute Gasteiger partial charge is 0.479 e. The first-order chi connectivity index (χ1) is 7.50. The van der Waals surface area contributed by atoms with Crippen molar-refractivity contribution in [1.82, 2.24) is 0 Å². The zero-order chi connectivity index (χ0) is 12.6. The number of hydrogen-bond acceptors (Lipinski definition) is 6. The Morgan fingerprint density at radius 2 is 1.75 bits per heavy atom. The van der Waals surface area contributed by atoms with Gasteiger partial charge in [-0.3, -0.25) is 0 Å². The van der Waals surface area contributed by atoms with Crippen molar-refractivity contribution in [3.8, 4) is 0 Å². The third kappa shape index (κ3) is 5.64. The molecule has 0 bridgehead atoms. The van der Waals surface area contributed by atoms with Crippen LogP contribution >= 0.6 is 0 Å². The molecule has 7 heteroatoms. The standard InChI is InChI=1S/C9H16O7/c1-2-3-15-4-5-16-9(14)7(11)6(10)8(12)13/h6-7,10-11H,2-5H2,1H3,(H,12,13). The summed E-state index contributed by atoms with van der Waals surface area (Å²) in [6.45, 7) is 2.51. The molecular weight excluding hydrogens is 220 g/mol. The second-order valence-electron chi connectivity index (χ2n) is 3.01. The fourth-order valence-corrected chi connectivity index (χ4v) is 0.797. The molecule has 0 aliphatic heterocycles. The molecule has 0 spiro atoms. The van der Waals surface area contributed by atoms with Gasteiger partial charge < -0.3 is 24.8 Å². The summed E-state index contributed by atoms with van der Waals surface area (Å²) >= 11 is 0. The van der Waals surface area contributed by atoms with E-state index in [-0.39, 0.29) is 13.2 Å². The van der Waals surface area contributed by atoms with E-state index in [1.807, 2.05) is 6.92 Å². The van der Waals surface area contributed by atoms with Crippen LogP contribution in [0.5, 0.6) is 0 Å². The third-order valence-electron chi connectivity index (χ3n) is 1.61. The normalized spacial score (nSPS) is 14.2. The summed E-state index contributed by atoms with van der Waals surface area (Å²) in [5, 5.41) is 26.1. The van der Waals surface area contributed by atoms with Crippen LogP contribution < -0.4 is 0 Å². The van der Waals surface area contributed by atoms with Crippen LogP contribution in [0.1, 0.15) is 13.3 Å². The monoisotopic (exact) mass is 236 g/mol. The van der Waals surface area contributed by atoms with Crippen molar-refractivity contribution in [2.75, 3.05) is 19.8 Å². The number of aliphatic hydroxyl groups excluding tert-OH is 2. The van der Waals surface area contributed by atoms with Crippen LogP contribution in [0.4, 0.5) is 0 Å². The molecule has 0 aliphatic rings. The number of carboxylic acids is 1. The molecule has 0 aromatic carbocycles. The van der Waals surface area contributed by atoms with Crippen LogP contribution in [-0.2, 0) is 19.1 Å². The van der Waals surface area contributed by atoms with Gasteiger partial charge in [-0.2, -0.15) is 0 Å². The summed E-state index contributed by atoms with van der Waals surface area (Å²) in [5.74, 6) is -2.87. The molecular formula is C9H16O7. The maximum absolute atomic E-state index is 11.0. The summed E-state index contributed by atoms with van der Waals surface area (Å²) in [6.07, 6.45) is -3.43.